The number of hydrogen-bond donors (Lipinski definition) is 4. The van der Waals surface area contributed by atoms with Gasteiger partial charge in [-0.1, -0.05) is 0 Å². The molecule has 10 nitrogen and oxygen atoms in total. The van der Waals surface area contributed by atoms with E-state index in [9.17, 15) is 9.67 Å². The van der Waals surface area contributed by atoms with Crippen LogP contribution in [0, 0.1) is 0 Å². The molecule has 0 saturated heterocycles. The molecule has 0 amide bonds. The van der Waals surface area contributed by atoms with E-state index in [-0.39, 0.29) is 24.6 Å². The zero-order chi connectivity index (χ0) is 12.6. The Bertz CT molecular complexity index is 455. The van der Waals surface area contributed by atoms with Crippen LogP contribution in [0.1, 0.15) is 0 Å². The van der Waals surface area contributed by atoms with E-state index >= 15 is 0 Å². The largest absolute Gasteiger partial charge is 0.368 e. The summed E-state index contributed by atoms with van der Waals surface area (Å²) in [5.74, 6) is 0.0777. The van der Waals surface area contributed by atoms with Crippen LogP contribution in [0.3, 0.4) is 0 Å². The molecular formula is C6H11N6O4P. The van der Waals surface area contributed by atoms with E-state index in [1.165, 1.54) is 11.2 Å². The molecule has 2 heterocycles. The Kier molecular flexibility index (Phi) is 2.87. The fourth-order valence-electron chi connectivity index (χ4n) is 1.33. The maximum atomic E-state index is 10.7. The minimum atomic E-state index is -4.10. The van der Waals surface area contributed by atoms with Gasteiger partial charge in [0.2, 0.25) is 11.9 Å². The van der Waals surface area contributed by atoms with Crippen LogP contribution in [0.4, 0.5) is 0 Å². The first-order valence-electron chi connectivity index (χ1n) is 4.61. The fourth-order valence-corrected chi connectivity index (χ4v) is 1.81. The molecule has 0 aliphatic carbocycles. The Morgan fingerprint density at radius 3 is 2.88 bits per heavy atom. The zero-order valence-electron chi connectivity index (χ0n) is 8.58. The minimum absolute atomic E-state index is 0.0170. The van der Waals surface area contributed by atoms with E-state index in [0.29, 0.717) is 0 Å². The highest BCUT2D eigenvalue weighted by Crippen LogP contribution is 2.34. The summed E-state index contributed by atoms with van der Waals surface area (Å²) in [7, 11) is -4.10. The molecule has 1 atom stereocenters. The highest BCUT2D eigenvalue weighted by atomic mass is 31.2. The lowest BCUT2D eigenvalue weighted by Gasteiger charge is -2.25. The normalized spacial score (nSPS) is 23.6. The van der Waals surface area contributed by atoms with Crippen LogP contribution < -0.4 is 5.73 Å². The summed E-state index contributed by atoms with van der Waals surface area (Å²) in [4.78, 5) is 26.3. The Morgan fingerprint density at radius 1 is 1.53 bits per heavy atom. The third-order valence-electron chi connectivity index (χ3n) is 2.09. The molecule has 2 aliphatic rings. The summed E-state index contributed by atoms with van der Waals surface area (Å²) in [6, 6.07) is 0. The van der Waals surface area contributed by atoms with Crippen LogP contribution in [-0.2, 0) is 4.57 Å². The van der Waals surface area contributed by atoms with E-state index in [1.807, 2.05) is 0 Å². The van der Waals surface area contributed by atoms with Crippen LogP contribution in [0.5, 0.6) is 0 Å². The van der Waals surface area contributed by atoms with Gasteiger partial charge in [0.1, 0.15) is 6.34 Å². The van der Waals surface area contributed by atoms with E-state index in [1.54, 1.807) is 0 Å². The summed E-state index contributed by atoms with van der Waals surface area (Å²) < 4.78 is 10.7. The molecule has 0 aromatic carbocycles. The first kappa shape index (κ1) is 12.0. The molecule has 5 N–H and O–H groups in total. The Labute approximate surface area is 95.9 Å². The quantitative estimate of drug-likeness (QED) is 0.417. The SMILES string of the molecule is NC1=NC(O)N2N=CN(CCP(=O)(O)O)C2=N1. The maximum absolute atomic E-state index is 10.7. The van der Waals surface area contributed by atoms with Crippen molar-refractivity contribution in [3.05, 3.63) is 0 Å². The number of hydrazone groups is 1. The predicted octanol–water partition coefficient (Wildman–Crippen LogP) is -2.31. The number of aliphatic hydroxyl groups is 1. The van der Waals surface area contributed by atoms with Crippen LogP contribution in [-0.4, -0.2) is 62.1 Å². The smallest absolute Gasteiger partial charge is 0.327 e. The summed E-state index contributed by atoms with van der Waals surface area (Å²) in [6.45, 7) is 0.0170. The van der Waals surface area contributed by atoms with Gasteiger partial charge in [-0.05, 0) is 0 Å². The van der Waals surface area contributed by atoms with Gasteiger partial charge in [-0.2, -0.15) is 20.1 Å². The first-order chi connectivity index (χ1) is 7.87. The number of hydrogen-bond acceptors (Lipinski definition) is 8. The first-order valence-corrected chi connectivity index (χ1v) is 6.41. The Balaban J connectivity index is 2.10. The third kappa shape index (κ3) is 2.61. The average Bonchev–Trinajstić information content (AvgIpc) is 2.57. The van der Waals surface area contributed by atoms with Crippen LogP contribution >= 0.6 is 7.60 Å². The van der Waals surface area contributed by atoms with E-state index in [0.717, 1.165) is 5.01 Å². The molecule has 0 spiro atoms. The molecule has 2 rings (SSSR count). The molecule has 0 aromatic heterocycles. The molecule has 11 heteroatoms. The second kappa shape index (κ2) is 4.08. The fraction of sp³-hybridized carbons (Fsp3) is 0.500. The number of fused-ring (bicyclic) bond motifs is 1. The number of aliphatic hydroxyl groups excluding tert-OH is 1. The summed E-state index contributed by atoms with van der Waals surface area (Å²) in [6.07, 6.45) is -0.316. The number of nitrogens with zero attached hydrogens (tertiary/aromatic N) is 5. The lowest BCUT2D eigenvalue weighted by molar-refractivity contribution is 0.0606. The summed E-state index contributed by atoms with van der Waals surface area (Å²) in [5.41, 5.74) is 5.37. The van der Waals surface area contributed by atoms with Gasteiger partial charge < -0.3 is 20.6 Å². The molecule has 1 unspecified atom stereocenters. The molecule has 17 heavy (non-hydrogen) atoms. The monoisotopic (exact) mass is 262 g/mol. The predicted molar refractivity (Wildman–Crippen MR) is 59.0 cm³/mol. The van der Waals surface area contributed by atoms with Crippen molar-refractivity contribution < 1.29 is 19.5 Å². The third-order valence-corrected chi connectivity index (χ3v) is 2.87. The van der Waals surface area contributed by atoms with Gasteiger partial charge in [0.15, 0.2) is 0 Å². The van der Waals surface area contributed by atoms with Crippen LogP contribution in [0.25, 0.3) is 0 Å². The van der Waals surface area contributed by atoms with Gasteiger partial charge in [-0.15, -0.1) is 0 Å². The molecule has 0 fully saturated rings. The molecule has 94 valence electrons. The zero-order valence-corrected chi connectivity index (χ0v) is 9.47. The number of aliphatic imine (C=N–C) groups is 2. The highest BCUT2D eigenvalue weighted by Gasteiger charge is 2.32. The minimum Gasteiger partial charge on any atom is -0.368 e. The highest BCUT2D eigenvalue weighted by molar-refractivity contribution is 7.51. The maximum Gasteiger partial charge on any atom is 0.327 e. The van der Waals surface area contributed by atoms with E-state index in [2.05, 4.69) is 15.1 Å². The van der Waals surface area contributed by atoms with Crippen molar-refractivity contribution in [1.82, 2.24) is 9.91 Å². The Morgan fingerprint density at radius 2 is 2.24 bits per heavy atom. The van der Waals surface area contributed by atoms with Crippen molar-refractivity contribution in [3.63, 3.8) is 0 Å². The van der Waals surface area contributed by atoms with Gasteiger partial charge in [0.25, 0.3) is 6.35 Å². The number of guanidine groups is 2. The summed E-state index contributed by atoms with van der Waals surface area (Å²) in [5, 5.41) is 14.4. The van der Waals surface area contributed by atoms with Gasteiger partial charge in [0.05, 0.1) is 6.16 Å². The molecule has 2 aliphatic heterocycles. The lowest BCUT2D eigenvalue weighted by atomic mass is 10.6. The summed E-state index contributed by atoms with van der Waals surface area (Å²) >= 11 is 0. The van der Waals surface area contributed by atoms with Crippen molar-refractivity contribution in [1.29, 1.82) is 0 Å². The van der Waals surface area contributed by atoms with Crippen LogP contribution in [0.15, 0.2) is 15.1 Å². The van der Waals surface area contributed by atoms with Crippen molar-refractivity contribution in [2.45, 2.75) is 6.35 Å². The second-order valence-corrected chi connectivity index (χ2v) is 5.18. The average molecular weight is 262 g/mol. The van der Waals surface area contributed by atoms with E-state index in [4.69, 9.17) is 15.5 Å². The van der Waals surface area contributed by atoms with E-state index < -0.39 is 13.9 Å². The van der Waals surface area contributed by atoms with Gasteiger partial charge >= 0.3 is 7.60 Å². The van der Waals surface area contributed by atoms with Crippen molar-refractivity contribution in [2.24, 2.45) is 20.8 Å². The topological polar surface area (TPSA) is 147 Å². The van der Waals surface area contributed by atoms with Crippen molar-refractivity contribution in [3.8, 4) is 0 Å². The Hall–Kier alpha value is -1.48. The molecular weight excluding hydrogens is 251 g/mol. The molecule has 0 saturated carbocycles. The van der Waals surface area contributed by atoms with Gasteiger partial charge in [-0.3, -0.25) is 9.46 Å². The van der Waals surface area contributed by atoms with Gasteiger partial charge in [0, 0.05) is 6.54 Å². The molecule has 0 aromatic rings. The molecule has 0 bridgehead atoms. The lowest BCUT2D eigenvalue weighted by Crippen LogP contribution is -2.45. The molecule has 0 radical (unpaired) electrons. The number of nitrogens with two attached hydrogens (primary N) is 1. The standard InChI is InChI=1S/C6H11N6O4P/c7-4-9-5-11(1-2-17(14,15)16)3-8-12(5)6(13)10-4/h3,6,13H,1-2H2,(H2,7,10)(H2,14,15,16). The second-order valence-electron chi connectivity index (χ2n) is 3.40. The van der Waals surface area contributed by atoms with Crippen molar-refractivity contribution >= 4 is 25.9 Å². The van der Waals surface area contributed by atoms with Gasteiger partial charge in [-0.25, -0.2) is 0 Å². The van der Waals surface area contributed by atoms with Crippen LogP contribution in [0.2, 0.25) is 0 Å². The number of rotatable bonds is 3. The van der Waals surface area contributed by atoms with Crippen molar-refractivity contribution in [2.75, 3.05) is 12.7 Å².